The van der Waals surface area contributed by atoms with E-state index in [1.807, 2.05) is 24.3 Å². The standard InChI is InChI=1S/C11H15ClN2/c1-8(2)7-11(13)14-10-5-3-9(12)4-6-10/h3-6,8H,7H2,1-2H3,(H2,13,14). The zero-order chi connectivity index (χ0) is 10.6. The molecule has 0 aliphatic carbocycles. The van der Waals surface area contributed by atoms with Crippen LogP contribution in [0.5, 0.6) is 0 Å². The monoisotopic (exact) mass is 210 g/mol. The van der Waals surface area contributed by atoms with Gasteiger partial charge in [-0.15, -0.1) is 0 Å². The van der Waals surface area contributed by atoms with Gasteiger partial charge in [-0.05, 0) is 30.2 Å². The first kappa shape index (κ1) is 11.1. The predicted molar refractivity (Wildman–Crippen MR) is 62.2 cm³/mol. The number of nitrogens with zero attached hydrogens (tertiary/aromatic N) is 1. The highest BCUT2D eigenvalue weighted by Crippen LogP contribution is 2.16. The predicted octanol–water partition coefficient (Wildman–Crippen LogP) is 3.37. The van der Waals surface area contributed by atoms with Gasteiger partial charge >= 0.3 is 0 Å². The summed E-state index contributed by atoms with van der Waals surface area (Å²) in [6.45, 7) is 4.23. The zero-order valence-electron chi connectivity index (χ0n) is 8.50. The quantitative estimate of drug-likeness (QED) is 0.603. The highest BCUT2D eigenvalue weighted by molar-refractivity contribution is 6.30. The fraction of sp³-hybridized carbons (Fsp3) is 0.364. The summed E-state index contributed by atoms with van der Waals surface area (Å²) in [5, 5.41) is 0.714. The van der Waals surface area contributed by atoms with Crippen LogP contribution in [0.2, 0.25) is 5.02 Å². The van der Waals surface area contributed by atoms with E-state index < -0.39 is 0 Å². The van der Waals surface area contributed by atoms with E-state index in [9.17, 15) is 0 Å². The van der Waals surface area contributed by atoms with Crippen LogP contribution in [-0.4, -0.2) is 5.84 Å². The topological polar surface area (TPSA) is 38.4 Å². The summed E-state index contributed by atoms with van der Waals surface area (Å²) in [5.41, 5.74) is 6.62. The second-order valence-electron chi connectivity index (χ2n) is 3.68. The molecule has 0 saturated heterocycles. The average Bonchev–Trinajstić information content (AvgIpc) is 2.07. The third-order valence-corrected chi connectivity index (χ3v) is 1.97. The van der Waals surface area contributed by atoms with Gasteiger partial charge in [-0.25, -0.2) is 4.99 Å². The molecular formula is C11H15ClN2. The fourth-order valence-electron chi connectivity index (χ4n) is 1.15. The summed E-state index contributed by atoms with van der Waals surface area (Å²) >= 11 is 5.75. The largest absolute Gasteiger partial charge is 0.387 e. The van der Waals surface area contributed by atoms with Crippen LogP contribution >= 0.6 is 11.6 Å². The first-order valence-corrected chi connectivity index (χ1v) is 5.04. The lowest BCUT2D eigenvalue weighted by Gasteiger charge is -2.03. The van der Waals surface area contributed by atoms with Crippen molar-refractivity contribution < 1.29 is 0 Å². The Hall–Kier alpha value is -1.02. The Morgan fingerprint density at radius 2 is 1.93 bits per heavy atom. The van der Waals surface area contributed by atoms with Gasteiger partial charge in [0.25, 0.3) is 0 Å². The van der Waals surface area contributed by atoms with Crippen LogP contribution in [0, 0.1) is 5.92 Å². The van der Waals surface area contributed by atoms with Crippen LogP contribution in [0.4, 0.5) is 5.69 Å². The highest BCUT2D eigenvalue weighted by Gasteiger charge is 1.98. The Kier molecular flexibility index (Phi) is 3.96. The molecule has 2 nitrogen and oxygen atoms in total. The Morgan fingerprint density at radius 3 is 2.43 bits per heavy atom. The molecule has 0 atom stereocenters. The van der Waals surface area contributed by atoms with Crippen molar-refractivity contribution in [3.05, 3.63) is 29.3 Å². The van der Waals surface area contributed by atoms with E-state index in [4.69, 9.17) is 17.3 Å². The average molecular weight is 211 g/mol. The molecule has 0 aromatic heterocycles. The molecule has 0 amide bonds. The van der Waals surface area contributed by atoms with Crippen molar-refractivity contribution in [1.29, 1.82) is 0 Å². The molecule has 0 spiro atoms. The van der Waals surface area contributed by atoms with Crippen molar-refractivity contribution in [2.75, 3.05) is 0 Å². The first-order chi connectivity index (χ1) is 6.58. The van der Waals surface area contributed by atoms with Gasteiger partial charge in [0.05, 0.1) is 11.5 Å². The van der Waals surface area contributed by atoms with Crippen molar-refractivity contribution in [3.63, 3.8) is 0 Å². The van der Waals surface area contributed by atoms with Gasteiger partial charge in [-0.3, -0.25) is 0 Å². The number of amidine groups is 1. The maximum absolute atomic E-state index is 5.76. The molecular weight excluding hydrogens is 196 g/mol. The number of halogens is 1. The molecule has 0 saturated carbocycles. The smallest absolute Gasteiger partial charge is 0.0998 e. The minimum Gasteiger partial charge on any atom is -0.387 e. The molecule has 0 aliphatic rings. The van der Waals surface area contributed by atoms with Crippen molar-refractivity contribution >= 4 is 23.1 Å². The van der Waals surface area contributed by atoms with Gasteiger partial charge in [0.1, 0.15) is 0 Å². The molecule has 0 aliphatic heterocycles. The Morgan fingerprint density at radius 1 is 1.36 bits per heavy atom. The second kappa shape index (κ2) is 5.01. The molecule has 3 heteroatoms. The van der Waals surface area contributed by atoms with Gasteiger partial charge in [-0.1, -0.05) is 25.4 Å². The van der Waals surface area contributed by atoms with E-state index in [0.29, 0.717) is 16.8 Å². The van der Waals surface area contributed by atoms with Crippen LogP contribution in [0.3, 0.4) is 0 Å². The van der Waals surface area contributed by atoms with E-state index >= 15 is 0 Å². The minimum atomic E-state index is 0.533. The third kappa shape index (κ3) is 3.79. The molecule has 76 valence electrons. The Balaban J connectivity index is 2.71. The van der Waals surface area contributed by atoms with Crippen molar-refractivity contribution in [1.82, 2.24) is 0 Å². The third-order valence-electron chi connectivity index (χ3n) is 1.72. The van der Waals surface area contributed by atoms with Gasteiger partial charge < -0.3 is 5.73 Å². The number of benzene rings is 1. The Labute approximate surface area is 89.8 Å². The maximum atomic E-state index is 5.76. The van der Waals surface area contributed by atoms with Gasteiger partial charge in [-0.2, -0.15) is 0 Å². The minimum absolute atomic E-state index is 0.533. The van der Waals surface area contributed by atoms with E-state index in [1.165, 1.54) is 0 Å². The van der Waals surface area contributed by atoms with Crippen molar-refractivity contribution in [2.24, 2.45) is 16.6 Å². The number of aliphatic imine (C=N–C) groups is 1. The van der Waals surface area contributed by atoms with Crippen LogP contribution in [0.25, 0.3) is 0 Å². The lowest BCUT2D eigenvalue weighted by Crippen LogP contribution is -2.13. The summed E-state index contributed by atoms with van der Waals surface area (Å²) in [6.07, 6.45) is 0.822. The lowest BCUT2D eigenvalue weighted by molar-refractivity contribution is 0.681. The molecule has 0 radical (unpaired) electrons. The van der Waals surface area contributed by atoms with E-state index in [-0.39, 0.29) is 0 Å². The van der Waals surface area contributed by atoms with Crippen LogP contribution in [-0.2, 0) is 0 Å². The number of rotatable bonds is 3. The molecule has 2 N–H and O–H groups in total. The SMILES string of the molecule is CC(C)CC(N)=Nc1ccc(Cl)cc1. The molecule has 0 heterocycles. The van der Waals surface area contributed by atoms with Crippen LogP contribution in [0.15, 0.2) is 29.3 Å². The number of nitrogens with two attached hydrogens (primary N) is 1. The van der Waals surface area contributed by atoms with Gasteiger partial charge in [0.2, 0.25) is 0 Å². The fourth-order valence-corrected chi connectivity index (χ4v) is 1.27. The summed E-state index contributed by atoms with van der Waals surface area (Å²) in [5.74, 6) is 1.20. The van der Waals surface area contributed by atoms with Crippen molar-refractivity contribution in [2.45, 2.75) is 20.3 Å². The summed E-state index contributed by atoms with van der Waals surface area (Å²) < 4.78 is 0. The zero-order valence-corrected chi connectivity index (χ0v) is 9.25. The lowest BCUT2D eigenvalue weighted by atomic mass is 10.1. The molecule has 1 aromatic carbocycles. The molecule has 0 unspecified atom stereocenters. The second-order valence-corrected chi connectivity index (χ2v) is 4.11. The molecule has 0 bridgehead atoms. The summed E-state index contributed by atoms with van der Waals surface area (Å²) in [7, 11) is 0. The van der Waals surface area contributed by atoms with E-state index in [0.717, 1.165) is 12.1 Å². The van der Waals surface area contributed by atoms with Crippen molar-refractivity contribution in [3.8, 4) is 0 Å². The first-order valence-electron chi connectivity index (χ1n) is 4.66. The normalized spacial score (nSPS) is 12.1. The Bertz CT molecular complexity index is 315. The number of hydrogen-bond donors (Lipinski definition) is 1. The summed E-state index contributed by atoms with van der Waals surface area (Å²) in [6, 6.07) is 7.33. The molecule has 14 heavy (non-hydrogen) atoms. The maximum Gasteiger partial charge on any atom is 0.0998 e. The molecule has 0 fully saturated rings. The van der Waals surface area contributed by atoms with Gasteiger partial charge in [0, 0.05) is 11.4 Å². The van der Waals surface area contributed by atoms with E-state index in [1.54, 1.807) is 0 Å². The summed E-state index contributed by atoms with van der Waals surface area (Å²) in [4.78, 5) is 4.28. The number of hydrogen-bond acceptors (Lipinski definition) is 1. The van der Waals surface area contributed by atoms with Gasteiger partial charge in [0.15, 0.2) is 0 Å². The molecule has 1 aromatic rings. The van der Waals surface area contributed by atoms with Crippen LogP contribution in [0.1, 0.15) is 20.3 Å². The molecule has 1 rings (SSSR count). The van der Waals surface area contributed by atoms with Crippen LogP contribution < -0.4 is 5.73 Å². The highest BCUT2D eigenvalue weighted by atomic mass is 35.5. The van der Waals surface area contributed by atoms with E-state index in [2.05, 4.69) is 18.8 Å².